The van der Waals surface area contributed by atoms with Crippen LogP contribution < -0.4 is 16.4 Å². The van der Waals surface area contributed by atoms with Gasteiger partial charge in [-0.15, -0.1) is 0 Å². The maximum atomic E-state index is 14.0. The Balaban J connectivity index is 1.54. The van der Waals surface area contributed by atoms with Gasteiger partial charge in [0.2, 0.25) is 18.1 Å². The highest BCUT2D eigenvalue weighted by molar-refractivity contribution is 6.33. The number of carbonyl (C=O) groups excluding carboxylic acids is 4. The fourth-order valence-electron chi connectivity index (χ4n) is 5.56. The third kappa shape index (κ3) is 5.55. The molecule has 3 fully saturated rings. The van der Waals surface area contributed by atoms with Crippen LogP contribution in [0.3, 0.4) is 0 Å². The maximum absolute atomic E-state index is 14.0. The van der Waals surface area contributed by atoms with Crippen LogP contribution in [0.4, 0.5) is 5.69 Å². The van der Waals surface area contributed by atoms with E-state index >= 15 is 0 Å². The van der Waals surface area contributed by atoms with E-state index in [1.54, 1.807) is 17.9 Å². The molecule has 6 atom stereocenters. The van der Waals surface area contributed by atoms with E-state index in [1.165, 1.54) is 12.1 Å². The van der Waals surface area contributed by atoms with E-state index in [0.717, 1.165) is 19.3 Å². The number of benzene rings is 1. The number of hydrogen-bond donors (Lipinski definition) is 3. The number of nitrogen functional groups attached to an aromatic ring is 1. The lowest BCUT2D eigenvalue weighted by molar-refractivity contribution is -0.165. The van der Waals surface area contributed by atoms with E-state index in [2.05, 4.69) is 10.6 Å². The molecule has 1 aromatic carbocycles. The van der Waals surface area contributed by atoms with Crippen LogP contribution in [-0.4, -0.2) is 65.7 Å². The number of ether oxygens (including phenoxy) is 2. The number of halogens is 1. The third-order valence-electron chi connectivity index (χ3n) is 7.38. The van der Waals surface area contributed by atoms with E-state index in [1.807, 2.05) is 20.8 Å². The Hall–Kier alpha value is -2.85. The number of likely N-dealkylation sites (tertiary alicyclic amines) is 1. The van der Waals surface area contributed by atoms with Gasteiger partial charge in [0.25, 0.3) is 5.91 Å². The van der Waals surface area contributed by atoms with Crippen molar-refractivity contribution < 1.29 is 28.7 Å². The summed E-state index contributed by atoms with van der Waals surface area (Å²) in [5, 5.41) is 6.02. The largest absolute Gasteiger partial charge is 0.433 e. The van der Waals surface area contributed by atoms with Crippen molar-refractivity contribution in [3.63, 3.8) is 0 Å². The Kier molecular flexibility index (Phi) is 7.71. The standard InChI is InChI=1S/C26H35ClN4O6/c1-5-36-25-18(12-19(32)37-25)29-23(34)20-13-6-8-15(10-13)31(20)24(35)21(26(2,3)4)30-22(33)14-7-9-17(28)16(27)11-14/h7,9,11,13,15,18,20-21,25H,5-6,8,10,12,28H2,1-4H3,(H,29,34)(H,30,33)/t13-,15+,18-,20+,21-,25-/m1/s1. The molecule has 1 aromatic rings. The molecule has 2 aliphatic heterocycles. The molecule has 2 saturated heterocycles. The van der Waals surface area contributed by atoms with Crippen LogP contribution in [0.2, 0.25) is 5.02 Å². The van der Waals surface area contributed by atoms with Gasteiger partial charge < -0.3 is 30.7 Å². The van der Waals surface area contributed by atoms with Crippen LogP contribution in [0.15, 0.2) is 18.2 Å². The number of carbonyl (C=O) groups is 4. The van der Waals surface area contributed by atoms with Crippen molar-refractivity contribution in [1.82, 2.24) is 15.5 Å². The first kappa shape index (κ1) is 27.2. The van der Waals surface area contributed by atoms with E-state index in [0.29, 0.717) is 12.3 Å². The van der Waals surface area contributed by atoms with Gasteiger partial charge in [-0.05, 0) is 55.7 Å². The summed E-state index contributed by atoms with van der Waals surface area (Å²) in [6.07, 6.45) is 1.51. The molecule has 0 radical (unpaired) electrons. The van der Waals surface area contributed by atoms with Crippen LogP contribution in [0.1, 0.15) is 63.7 Å². The summed E-state index contributed by atoms with van der Waals surface area (Å²) in [4.78, 5) is 54.1. The Bertz CT molecular complexity index is 1090. The molecule has 3 aliphatic rings. The zero-order chi connectivity index (χ0) is 27.1. The number of cyclic esters (lactones) is 1. The molecule has 202 valence electrons. The molecule has 4 rings (SSSR count). The van der Waals surface area contributed by atoms with E-state index in [9.17, 15) is 19.2 Å². The van der Waals surface area contributed by atoms with Gasteiger partial charge in [-0.1, -0.05) is 32.4 Å². The van der Waals surface area contributed by atoms with Crippen molar-refractivity contribution in [3.8, 4) is 0 Å². The summed E-state index contributed by atoms with van der Waals surface area (Å²) in [5.41, 5.74) is 5.76. The third-order valence-corrected chi connectivity index (χ3v) is 7.71. The van der Waals surface area contributed by atoms with Gasteiger partial charge >= 0.3 is 5.97 Å². The molecule has 11 heteroatoms. The topological polar surface area (TPSA) is 140 Å². The predicted octanol–water partition coefficient (Wildman–Crippen LogP) is 2.24. The molecular formula is C26H35ClN4O6. The zero-order valence-corrected chi connectivity index (χ0v) is 22.3. The summed E-state index contributed by atoms with van der Waals surface area (Å²) in [6, 6.07) is 2.25. The van der Waals surface area contributed by atoms with Crippen LogP contribution >= 0.6 is 11.6 Å². The van der Waals surface area contributed by atoms with Gasteiger partial charge in [0.1, 0.15) is 18.1 Å². The normalized spacial score (nSPS) is 27.6. The van der Waals surface area contributed by atoms with Crippen LogP contribution in [0.5, 0.6) is 0 Å². The summed E-state index contributed by atoms with van der Waals surface area (Å²) in [6.45, 7) is 7.70. The van der Waals surface area contributed by atoms with Gasteiger partial charge in [-0.25, -0.2) is 0 Å². The first-order chi connectivity index (χ1) is 17.4. The lowest BCUT2D eigenvalue weighted by Gasteiger charge is -2.40. The van der Waals surface area contributed by atoms with Crippen molar-refractivity contribution in [2.24, 2.45) is 11.3 Å². The molecule has 1 saturated carbocycles. The number of nitrogens with two attached hydrogens (primary N) is 1. The molecule has 10 nitrogen and oxygen atoms in total. The van der Waals surface area contributed by atoms with Crippen LogP contribution in [0, 0.1) is 11.3 Å². The molecule has 0 spiro atoms. The van der Waals surface area contributed by atoms with Crippen molar-refractivity contribution in [2.75, 3.05) is 12.3 Å². The van der Waals surface area contributed by atoms with Crippen molar-refractivity contribution in [3.05, 3.63) is 28.8 Å². The van der Waals surface area contributed by atoms with Crippen LogP contribution in [0.25, 0.3) is 0 Å². The number of esters is 1. The van der Waals surface area contributed by atoms with Crippen LogP contribution in [-0.2, 0) is 23.9 Å². The van der Waals surface area contributed by atoms with Gasteiger partial charge in [0.05, 0.1) is 17.1 Å². The van der Waals surface area contributed by atoms with Crippen molar-refractivity contribution in [2.45, 2.75) is 83.8 Å². The minimum Gasteiger partial charge on any atom is -0.433 e. The SMILES string of the molecule is CCO[C@@H]1OC(=O)C[C@H]1NC(=O)[C@@H]1[C@@H]2CC[C@@H](C2)N1C(=O)[C@@H](NC(=O)c1ccc(N)c(Cl)c1)C(C)(C)C. The number of nitrogens with zero attached hydrogens (tertiary/aromatic N) is 1. The van der Waals surface area contributed by atoms with E-state index in [-0.39, 0.29) is 40.8 Å². The number of rotatable bonds is 7. The average Bonchev–Trinajstić information content (AvgIpc) is 3.53. The number of piperidine rings is 1. The molecule has 0 aromatic heterocycles. The molecule has 3 amide bonds. The highest BCUT2D eigenvalue weighted by Crippen LogP contribution is 2.44. The Labute approximate surface area is 221 Å². The lowest BCUT2D eigenvalue weighted by atomic mass is 9.84. The number of amides is 3. The Morgan fingerprint density at radius 3 is 2.65 bits per heavy atom. The van der Waals surface area contributed by atoms with Gasteiger partial charge in [-0.2, -0.15) is 0 Å². The van der Waals surface area contributed by atoms with Gasteiger partial charge in [0.15, 0.2) is 0 Å². The predicted molar refractivity (Wildman–Crippen MR) is 136 cm³/mol. The molecule has 2 heterocycles. The number of nitrogens with one attached hydrogen (secondary N) is 2. The molecule has 4 N–H and O–H groups in total. The summed E-state index contributed by atoms with van der Waals surface area (Å²) >= 11 is 6.09. The highest BCUT2D eigenvalue weighted by Gasteiger charge is 2.54. The molecule has 0 unspecified atom stereocenters. The number of hydrogen-bond acceptors (Lipinski definition) is 7. The quantitative estimate of drug-likeness (QED) is 0.360. The number of anilines is 1. The second-order valence-corrected chi connectivity index (χ2v) is 11.5. The minimum atomic E-state index is -0.890. The monoisotopic (exact) mass is 534 g/mol. The molecule has 37 heavy (non-hydrogen) atoms. The second kappa shape index (κ2) is 10.5. The van der Waals surface area contributed by atoms with Gasteiger partial charge in [0, 0.05) is 18.2 Å². The fourth-order valence-corrected chi connectivity index (χ4v) is 5.74. The number of fused-ring (bicyclic) bond motifs is 2. The lowest BCUT2D eigenvalue weighted by Crippen LogP contribution is -2.62. The first-order valence-electron chi connectivity index (χ1n) is 12.7. The van der Waals surface area contributed by atoms with Gasteiger partial charge in [-0.3, -0.25) is 19.2 Å². The Morgan fingerprint density at radius 1 is 1.27 bits per heavy atom. The fraction of sp³-hybridized carbons (Fsp3) is 0.615. The summed E-state index contributed by atoms with van der Waals surface area (Å²) in [7, 11) is 0. The maximum Gasteiger partial charge on any atom is 0.310 e. The smallest absolute Gasteiger partial charge is 0.310 e. The Morgan fingerprint density at radius 2 is 2.00 bits per heavy atom. The zero-order valence-electron chi connectivity index (χ0n) is 21.6. The summed E-state index contributed by atoms with van der Waals surface area (Å²) in [5.74, 6) is -1.54. The van der Waals surface area contributed by atoms with Crippen molar-refractivity contribution >= 4 is 41.0 Å². The van der Waals surface area contributed by atoms with E-state index in [4.69, 9.17) is 26.8 Å². The highest BCUT2D eigenvalue weighted by atomic mass is 35.5. The minimum absolute atomic E-state index is 0.00439. The summed E-state index contributed by atoms with van der Waals surface area (Å²) < 4.78 is 10.6. The second-order valence-electron chi connectivity index (χ2n) is 11.1. The van der Waals surface area contributed by atoms with Crippen molar-refractivity contribution in [1.29, 1.82) is 0 Å². The molecular weight excluding hydrogens is 500 g/mol. The molecule has 1 aliphatic carbocycles. The first-order valence-corrected chi connectivity index (χ1v) is 13.1. The van der Waals surface area contributed by atoms with E-state index < -0.39 is 41.7 Å². The average molecular weight is 535 g/mol. The molecule has 2 bridgehead atoms.